The minimum absolute atomic E-state index is 0.0645. The number of aromatic nitrogens is 1. The van der Waals surface area contributed by atoms with Crippen molar-refractivity contribution < 1.29 is 14.2 Å². The summed E-state index contributed by atoms with van der Waals surface area (Å²) in [6.45, 7) is 0.438. The zero-order chi connectivity index (χ0) is 29.3. The van der Waals surface area contributed by atoms with Crippen LogP contribution < -0.4 is 29.1 Å². The van der Waals surface area contributed by atoms with Crippen molar-refractivity contribution in [2.45, 2.75) is 25.5 Å². The molecule has 0 saturated heterocycles. The first-order valence-electron chi connectivity index (χ1n) is 14.2. The number of benzene rings is 4. The predicted octanol–water partition coefficient (Wildman–Crippen LogP) is 5.91. The molecule has 2 heterocycles. The van der Waals surface area contributed by atoms with E-state index in [1.807, 2.05) is 77.4 Å². The van der Waals surface area contributed by atoms with Gasteiger partial charge in [0.2, 0.25) is 0 Å². The standard InChI is InChI=1S/C36H30N2O4S/c1-40-27-13-8-12-26(21-27)34-29-17-16-25-11-6-7-14-28(25)33(29)37-36-38(34)35(39)32(43-36)20-24-15-18-30(31(19-24)41-2)42-22-23-9-4-3-5-10-23/h3-15,18-21,34H,16-17,22H2,1-2H3/b32-20+/t34-/m1/s1. The summed E-state index contributed by atoms with van der Waals surface area (Å²) in [5.41, 5.74) is 7.43. The van der Waals surface area contributed by atoms with Gasteiger partial charge in [0.1, 0.15) is 12.4 Å². The summed E-state index contributed by atoms with van der Waals surface area (Å²) in [6, 6.07) is 31.9. The topological polar surface area (TPSA) is 62.0 Å². The summed E-state index contributed by atoms with van der Waals surface area (Å²) in [6.07, 6.45) is 3.66. The third-order valence-corrected chi connectivity index (χ3v) is 8.99. The number of thiazole rings is 1. The lowest BCUT2D eigenvalue weighted by Gasteiger charge is -2.31. The van der Waals surface area contributed by atoms with Crippen molar-refractivity contribution in [3.63, 3.8) is 0 Å². The molecule has 7 heteroatoms. The van der Waals surface area contributed by atoms with E-state index in [4.69, 9.17) is 19.2 Å². The molecule has 0 N–H and O–H groups in total. The SMILES string of the molecule is COc1cccc([C@@H]2C3=C(N=c4s/c(=C/c5ccc(OCc6ccccc6)c(OC)c5)c(=O)n42)c2ccccc2CC3)c1. The lowest BCUT2D eigenvalue weighted by Crippen LogP contribution is -2.38. The molecule has 0 unspecified atom stereocenters. The average molecular weight is 587 g/mol. The molecule has 0 bridgehead atoms. The van der Waals surface area contributed by atoms with Gasteiger partial charge in [0.15, 0.2) is 16.3 Å². The van der Waals surface area contributed by atoms with E-state index in [-0.39, 0.29) is 11.6 Å². The van der Waals surface area contributed by atoms with E-state index >= 15 is 0 Å². The smallest absolute Gasteiger partial charge is 0.271 e. The van der Waals surface area contributed by atoms with Gasteiger partial charge in [-0.05, 0) is 71.0 Å². The molecule has 43 heavy (non-hydrogen) atoms. The number of rotatable bonds is 7. The molecule has 0 radical (unpaired) electrons. The van der Waals surface area contributed by atoms with Crippen LogP contribution in [-0.2, 0) is 13.0 Å². The summed E-state index contributed by atoms with van der Waals surface area (Å²) in [4.78, 5) is 19.9. The molecule has 5 aromatic rings. The second-order valence-corrected chi connectivity index (χ2v) is 11.6. The van der Waals surface area contributed by atoms with Gasteiger partial charge in [-0.1, -0.05) is 84.1 Å². The Morgan fingerprint density at radius 3 is 2.56 bits per heavy atom. The molecule has 0 spiro atoms. The van der Waals surface area contributed by atoms with Crippen LogP contribution >= 0.6 is 11.3 Å². The third kappa shape index (κ3) is 5.06. The number of aryl methyl sites for hydroxylation is 1. The Bertz CT molecular complexity index is 2040. The van der Waals surface area contributed by atoms with Crippen molar-refractivity contribution in [3.05, 3.63) is 150 Å². The van der Waals surface area contributed by atoms with Crippen LogP contribution in [0, 0.1) is 0 Å². The van der Waals surface area contributed by atoms with Gasteiger partial charge < -0.3 is 14.2 Å². The van der Waals surface area contributed by atoms with Gasteiger partial charge in [0, 0.05) is 5.56 Å². The first-order valence-corrected chi connectivity index (χ1v) is 15.1. The highest BCUT2D eigenvalue weighted by Gasteiger charge is 2.32. The molecule has 214 valence electrons. The maximum atomic E-state index is 14.1. The van der Waals surface area contributed by atoms with Crippen molar-refractivity contribution in [3.8, 4) is 17.2 Å². The molecule has 4 aromatic carbocycles. The number of ether oxygens (including phenoxy) is 3. The summed E-state index contributed by atoms with van der Waals surface area (Å²) in [7, 11) is 3.29. The highest BCUT2D eigenvalue weighted by molar-refractivity contribution is 7.07. The van der Waals surface area contributed by atoms with E-state index in [1.165, 1.54) is 16.9 Å². The fourth-order valence-electron chi connectivity index (χ4n) is 5.91. The average Bonchev–Trinajstić information content (AvgIpc) is 3.37. The zero-order valence-corrected chi connectivity index (χ0v) is 24.8. The van der Waals surface area contributed by atoms with E-state index in [2.05, 4.69) is 30.3 Å². The monoisotopic (exact) mass is 586 g/mol. The van der Waals surface area contributed by atoms with Gasteiger partial charge in [-0.2, -0.15) is 0 Å². The van der Waals surface area contributed by atoms with Gasteiger partial charge >= 0.3 is 0 Å². The van der Waals surface area contributed by atoms with Crippen LogP contribution in [0.5, 0.6) is 17.2 Å². The fraction of sp³-hybridized carbons (Fsp3) is 0.167. The molecule has 0 saturated carbocycles. The Morgan fingerprint density at radius 2 is 1.72 bits per heavy atom. The molecule has 2 aliphatic rings. The maximum Gasteiger partial charge on any atom is 0.271 e. The highest BCUT2D eigenvalue weighted by Crippen LogP contribution is 2.41. The van der Waals surface area contributed by atoms with Crippen LogP contribution in [0.25, 0.3) is 11.8 Å². The molecule has 6 nitrogen and oxygen atoms in total. The number of hydrogen-bond acceptors (Lipinski definition) is 6. The van der Waals surface area contributed by atoms with Crippen LogP contribution in [0.4, 0.5) is 0 Å². The first kappa shape index (κ1) is 27.0. The van der Waals surface area contributed by atoms with Crippen LogP contribution in [0.3, 0.4) is 0 Å². The minimum atomic E-state index is -0.264. The lowest BCUT2D eigenvalue weighted by atomic mass is 9.83. The molecular formula is C36H30N2O4S. The molecule has 1 aromatic heterocycles. The molecule has 1 atom stereocenters. The van der Waals surface area contributed by atoms with Gasteiger partial charge in [0.05, 0.1) is 30.5 Å². The maximum absolute atomic E-state index is 14.1. The Balaban J connectivity index is 1.32. The number of allylic oxidation sites excluding steroid dienone is 1. The van der Waals surface area contributed by atoms with Gasteiger partial charge in [-0.15, -0.1) is 0 Å². The van der Waals surface area contributed by atoms with Crippen molar-refractivity contribution in [2.24, 2.45) is 4.99 Å². The van der Waals surface area contributed by atoms with E-state index in [0.29, 0.717) is 27.4 Å². The Kier molecular flexibility index (Phi) is 7.17. The minimum Gasteiger partial charge on any atom is -0.497 e. The van der Waals surface area contributed by atoms with Crippen LogP contribution in [0.15, 0.2) is 112 Å². The summed E-state index contributed by atoms with van der Waals surface area (Å²) in [5, 5.41) is 0. The quantitative estimate of drug-likeness (QED) is 0.238. The van der Waals surface area contributed by atoms with Crippen LogP contribution in [-0.4, -0.2) is 18.8 Å². The molecular weight excluding hydrogens is 556 g/mol. The highest BCUT2D eigenvalue weighted by atomic mass is 32.1. The van der Waals surface area contributed by atoms with E-state index in [0.717, 1.165) is 52.1 Å². The van der Waals surface area contributed by atoms with E-state index in [9.17, 15) is 4.79 Å². The second-order valence-electron chi connectivity index (χ2n) is 10.6. The molecule has 7 rings (SSSR count). The Morgan fingerprint density at radius 1 is 0.884 bits per heavy atom. The summed E-state index contributed by atoms with van der Waals surface area (Å²) in [5.74, 6) is 2.02. The van der Waals surface area contributed by atoms with Crippen molar-refractivity contribution in [1.82, 2.24) is 4.57 Å². The number of fused-ring (bicyclic) bond motifs is 3. The zero-order valence-electron chi connectivity index (χ0n) is 23.9. The van der Waals surface area contributed by atoms with E-state index < -0.39 is 0 Å². The lowest BCUT2D eigenvalue weighted by molar-refractivity contribution is 0.284. The number of nitrogens with zero attached hydrogens (tertiary/aromatic N) is 2. The Labute approximate surface area is 253 Å². The fourth-order valence-corrected chi connectivity index (χ4v) is 6.91. The molecule has 0 amide bonds. The third-order valence-electron chi connectivity index (χ3n) is 8.01. The van der Waals surface area contributed by atoms with E-state index in [1.54, 1.807) is 14.2 Å². The summed E-state index contributed by atoms with van der Waals surface area (Å²) >= 11 is 1.41. The van der Waals surface area contributed by atoms with Crippen LogP contribution in [0.1, 0.15) is 40.3 Å². The van der Waals surface area contributed by atoms with Crippen LogP contribution in [0.2, 0.25) is 0 Å². The van der Waals surface area contributed by atoms with Gasteiger partial charge in [-0.25, -0.2) is 4.99 Å². The molecule has 1 aliphatic carbocycles. The summed E-state index contributed by atoms with van der Waals surface area (Å²) < 4.78 is 19.7. The predicted molar refractivity (Wildman–Crippen MR) is 170 cm³/mol. The second kappa shape index (κ2) is 11.4. The first-order chi connectivity index (χ1) is 21.1. The van der Waals surface area contributed by atoms with Crippen molar-refractivity contribution in [2.75, 3.05) is 14.2 Å². The van der Waals surface area contributed by atoms with Gasteiger partial charge in [-0.3, -0.25) is 9.36 Å². The van der Waals surface area contributed by atoms with Crippen molar-refractivity contribution in [1.29, 1.82) is 0 Å². The normalized spacial score (nSPS) is 15.7. The van der Waals surface area contributed by atoms with Gasteiger partial charge in [0.25, 0.3) is 5.56 Å². The number of methoxy groups -OCH3 is 2. The molecule has 0 fully saturated rings. The van der Waals surface area contributed by atoms with Crippen molar-refractivity contribution >= 4 is 23.1 Å². The Hall–Kier alpha value is -4.88. The molecule has 1 aliphatic heterocycles. The largest absolute Gasteiger partial charge is 0.497 e. The number of hydrogen-bond donors (Lipinski definition) is 0.